The Morgan fingerprint density at radius 1 is 1.21 bits per heavy atom. The fraction of sp³-hybridized carbons (Fsp3) is 0.222. The summed E-state index contributed by atoms with van der Waals surface area (Å²) in [5.74, 6) is 0. The SMILES string of the molecule is NC(=O)N(O)Cn1c(CCCc2cccnc2)cc2ccccc21. The number of fused-ring (bicyclic) bond motifs is 1. The highest BCUT2D eigenvalue weighted by Crippen LogP contribution is 2.21. The first-order valence-corrected chi connectivity index (χ1v) is 7.87. The van der Waals surface area contributed by atoms with E-state index in [0.29, 0.717) is 5.06 Å². The summed E-state index contributed by atoms with van der Waals surface area (Å²) in [7, 11) is 0. The van der Waals surface area contributed by atoms with Gasteiger partial charge in [0.1, 0.15) is 6.67 Å². The molecule has 24 heavy (non-hydrogen) atoms. The topological polar surface area (TPSA) is 84.4 Å². The van der Waals surface area contributed by atoms with Gasteiger partial charge in [0.15, 0.2) is 0 Å². The summed E-state index contributed by atoms with van der Waals surface area (Å²) in [6.45, 7) is 0.0189. The van der Waals surface area contributed by atoms with Gasteiger partial charge in [-0.1, -0.05) is 24.3 Å². The summed E-state index contributed by atoms with van der Waals surface area (Å²) in [5.41, 5.74) is 8.36. The third-order valence-electron chi connectivity index (χ3n) is 4.05. The predicted octanol–water partition coefficient (Wildman–Crippen LogP) is 2.94. The quantitative estimate of drug-likeness (QED) is 0.540. The standard InChI is InChI=1S/C18H20N4O2/c19-18(23)22(24)13-21-16(11-15-7-1-2-9-17(15)21)8-3-5-14-6-4-10-20-12-14/h1-2,4,6-7,9-12,24H,3,5,8,13H2,(H2,19,23). The molecule has 0 fully saturated rings. The van der Waals surface area contributed by atoms with Gasteiger partial charge in [-0.2, -0.15) is 5.06 Å². The molecule has 0 aliphatic heterocycles. The van der Waals surface area contributed by atoms with E-state index in [1.54, 1.807) is 6.20 Å². The first kappa shape index (κ1) is 16.0. The molecule has 1 aromatic carbocycles. The number of nitrogens with two attached hydrogens (primary N) is 1. The molecule has 3 aromatic rings. The summed E-state index contributed by atoms with van der Waals surface area (Å²) in [4.78, 5) is 15.3. The summed E-state index contributed by atoms with van der Waals surface area (Å²) in [5, 5.41) is 11.3. The molecule has 6 nitrogen and oxygen atoms in total. The Morgan fingerprint density at radius 2 is 2.04 bits per heavy atom. The number of pyridine rings is 1. The number of primary amides is 1. The van der Waals surface area contributed by atoms with Crippen LogP contribution in [0.3, 0.4) is 0 Å². The third-order valence-corrected chi connectivity index (χ3v) is 4.05. The lowest BCUT2D eigenvalue weighted by molar-refractivity contribution is -0.0640. The number of carbonyl (C=O) groups excluding carboxylic acids is 1. The number of hydrogen-bond acceptors (Lipinski definition) is 3. The van der Waals surface area contributed by atoms with Crippen molar-refractivity contribution in [1.29, 1.82) is 0 Å². The maximum atomic E-state index is 11.1. The van der Waals surface area contributed by atoms with Crippen molar-refractivity contribution < 1.29 is 10.0 Å². The highest BCUT2D eigenvalue weighted by molar-refractivity contribution is 5.81. The minimum Gasteiger partial charge on any atom is -0.350 e. The maximum absolute atomic E-state index is 11.1. The molecule has 0 unspecified atom stereocenters. The fourth-order valence-electron chi connectivity index (χ4n) is 2.86. The second-order valence-electron chi connectivity index (χ2n) is 5.72. The van der Waals surface area contributed by atoms with Crippen LogP contribution in [0.4, 0.5) is 4.79 Å². The fourth-order valence-corrected chi connectivity index (χ4v) is 2.86. The molecule has 3 rings (SSSR count). The van der Waals surface area contributed by atoms with Crippen molar-refractivity contribution in [1.82, 2.24) is 14.6 Å². The molecule has 0 aliphatic rings. The van der Waals surface area contributed by atoms with Gasteiger partial charge in [-0.05, 0) is 48.4 Å². The van der Waals surface area contributed by atoms with E-state index in [0.717, 1.165) is 35.9 Å². The highest BCUT2D eigenvalue weighted by atomic mass is 16.5. The zero-order chi connectivity index (χ0) is 16.9. The summed E-state index contributed by atoms with van der Waals surface area (Å²) < 4.78 is 1.92. The van der Waals surface area contributed by atoms with E-state index in [9.17, 15) is 10.0 Å². The monoisotopic (exact) mass is 324 g/mol. The number of para-hydroxylation sites is 1. The maximum Gasteiger partial charge on any atom is 0.340 e. The Kier molecular flexibility index (Phi) is 4.77. The lowest BCUT2D eigenvalue weighted by atomic mass is 10.1. The van der Waals surface area contributed by atoms with Crippen molar-refractivity contribution in [3.8, 4) is 0 Å². The molecule has 2 heterocycles. The first-order valence-electron chi connectivity index (χ1n) is 7.87. The normalized spacial score (nSPS) is 10.9. The average molecular weight is 324 g/mol. The summed E-state index contributed by atoms with van der Waals surface area (Å²) in [6.07, 6.45) is 6.34. The van der Waals surface area contributed by atoms with Crippen LogP contribution < -0.4 is 5.73 Å². The van der Waals surface area contributed by atoms with E-state index in [4.69, 9.17) is 5.73 Å². The molecule has 124 valence electrons. The Morgan fingerprint density at radius 3 is 2.79 bits per heavy atom. The van der Waals surface area contributed by atoms with Crippen LogP contribution in [0.25, 0.3) is 10.9 Å². The van der Waals surface area contributed by atoms with Crippen LogP contribution in [0.5, 0.6) is 0 Å². The van der Waals surface area contributed by atoms with E-state index in [1.165, 1.54) is 5.56 Å². The Labute approximate surface area is 140 Å². The second kappa shape index (κ2) is 7.14. The minimum atomic E-state index is -0.867. The van der Waals surface area contributed by atoms with Gasteiger partial charge < -0.3 is 10.3 Å². The van der Waals surface area contributed by atoms with Gasteiger partial charge in [0, 0.05) is 23.6 Å². The van der Waals surface area contributed by atoms with Gasteiger partial charge in [-0.25, -0.2) is 4.79 Å². The third kappa shape index (κ3) is 3.55. The van der Waals surface area contributed by atoms with Crippen LogP contribution in [-0.4, -0.2) is 25.9 Å². The van der Waals surface area contributed by atoms with Gasteiger partial charge in [0.2, 0.25) is 0 Å². The van der Waals surface area contributed by atoms with Crippen molar-refractivity contribution in [3.63, 3.8) is 0 Å². The van der Waals surface area contributed by atoms with Crippen molar-refractivity contribution in [2.45, 2.75) is 25.9 Å². The Bertz CT molecular complexity index is 829. The molecule has 0 spiro atoms. The molecule has 0 radical (unpaired) electrons. The van der Waals surface area contributed by atoms with E-state index in [-0.39, 0.29) is 6.67 Å². The molecule has 0 aliphatic carbocycles. The largest absolute Gasteiger partial charge is 0.350 e. The van der Waals surface area contributed by atoms with Crippen molar-refractivity contribution >= 4 is 16.9 Å². The molecule has 2 aromatic heterocycles. The number of hydroxylamine groups is 2. The number of urea groups is 1. The van der Waals surface area contributed by atoms with Gasteiger partial charge in [0.05, 0.1) is 0 Å². The summed E-state index contributed by atoms with van der Waals surface area (Å²) >= 11 is 0. The van der Waals surface area contributed by atoms with E-state index in [1.807, 2.05) is 41.1 Å². The van der Waals surface area contributed by atoms with Crippen LogP contribution in [-0.2, 0) is 19.5 Å². The van der Waals surface area contributed by atoms with Crippen LogP contribution in [0.1, 0.15) is 17.7 Å². The van der Waals surface area contributed by atoms with Gasteiger partial charge in [-0.15, -0.1) is 0 Å². The number of amides is 2. The predicted molar refractivity (Wildman–Crippen MR) is 91.4 cm³/mol. The molecule has 0 atom stereocenters. The van der Waals surface area contributed by atoms with Gasteiger partial charge >= 0.3 is 6.03 Å². The number of nitrogens with zero attached hydrogens (tertiary/aromatic N) is 3. The van der Waals surface area contributed by atoms with Crippen LogP contribution in [0.2, 0.25) is 0 Å². The number of hydrogen-bond donors (Lipinski definition) is 2. The summed E-state index contributed by atoms with van der Waals surface area (Å²) in [6, 6.07) is 13.1. The van der Waals surface area contributed by atoms with Crippen molar-refractivity contribution in [2.24, 2.45) is 5.73 Å². The lowest BCUT2D eigenvalue weighted by Crippen LogP contribution is -2.34. The van der Waals surface area contributed by atoms with E-state index >= 15 is 0 Å². The number of carbonyl (C=O) groups is 1. The number of aromatic nitrogens is 2. The number of aryl methyl sites for hydroxylation is 2. The molecule has 0 bridgehead atoms. The molecule has 2 amide bonds. The Hall–Kier alpha value is -2.86. The number of benzene rings is 1. The first-order chi connectivity index (χ1) is 11.6. The van der Waals surface area contributed by atoms with Crippen molar-refractivity contribution in [3.05, 3.63) is 66.1 Å². The highest BCUT2D eigenvalue weighted by Gasteiger charge is 2.13. The molecule has 0 saturated heterocycles. The molecular formula is C18H20N4O2. The zero-order valence-corrected chi connectivity index (χ0v) is 13.3. The average Bonchev–Trinajstić information content (AvgIpc) is 2.93. The molecular weight excluding hydrogens is 304 g/mol. The number of rotatable bonds is 6. The smallest absolute Gasteiger partial charge is 0.340 e. The van der Waals surface area contributed by atoms with E-state index < -0.39 is 6.03 Å². The lowest BCUT2D eigenvalue weighted by Gasteiger charge is -2.16. The molecule has 6 heteroatoms. The van der Waals surface area contributed by atoms with Gasteiger partial charge in [-0.3, -0.25) is 10.2 Å². The van der Waals surface area contributed by atoms with E-state index in [2.05, 4.69) is 17.1 Å². The van der Waals surface area contributed by atoms with Crippen LogP contribution >= 0.6 is 0 Å². The molecule has 0 saturated carbocycles. The van der Waals surface area contributed by atoms with Crippen LogP contribution in [0.15, 0.2) is 54.9 Å². The van der Waals surface area contributed by atoms with Gasteiger partial charge in [0.25, 0.3) is 0 Å². The second-order valence-corrected chi connectivity index (χ2v) is 5.72. The minimum absolute atomic E-state index is 0.0189. The Balaban J connectivity index is 1.79. The van der Waals surface area contributed by atoms with Crippen molar-refractivity contribution in [2.75, 3.05) is 0 Å². The van der Waals surface area contributed by atoms with Crippen LogP contribution in [0, 0.1) is 0 Å². The molecule has 3 N–H and O–H groups in total. The zero-order valence-electron chi connectivity index (χ0n) is 13.3.